The zero-order chi connectivity index (χ0) is 13.4. The molecule has 1 aliphatic rings. The Labute approximate surface area is 121 Å². The van der Waals surface area contributed by atoms with E-state index in [9.17, 15) is 0 Å². The Kier molecular flexibility index (Phi) is 3.31. The first-order chi connectivity index (χ1) is 9.15. The monoisotopic (exact) mass is 320 g/mol. The fraction of sp³-hybridized carbons (Fsp3) is 0.429. The summed E-state index contributed by atoms with van der Waals surface area (Å²) in [6, 6.07) is 4.10. The number of hydrogen-bond acceptors (Lipinski definition) is 4. The molecule has 0 amide bonds. The van der Waals surface area contributed by atoms with Crippen LogP contribution in [0.5, 0.6) is 0 Å². The highest BCUT2D eigenvalue weighted by atomic mass is 79.9. The maximum Gasteiger partial charge on any atom is 0.227 e. The third kappa shape index (κ3) is 2.39. The van der Waals surface area contributed by atoms with Crippen molar-refractivity contribution < 1.29 is 0 Å². The first-order valence-electron chi connectivity index (χ1n) is 6.63. The van der Waals surface area contributed by atoms with Crippen LogP contribution in [0.15, 0.2) is 16.6 Å². The van der Waals surface area contributed by atoms with Crippen LogP contribution < -0.4 is 10.6 Å². The number of fused-ring (bicyclic) bond motifs is 1. The molecule has 1 aliphatic heterocycles. The lowest BCUT2D eigenvalue weighted by molar-refractivity contribution is 0.569. The number of aryl methyl sites for hydroxylation is 1. The number of rotatable bonds is 1. The SMILES string of the molecule is Cc1cc(Br)c2nc(N3CCCCC3)nc(N)c2c1. The third-order valence-electron chi connectivity index (χ3n) is 3.55. The highest BCUT2D eigenvalue weighted by Gasteiger charge is 2.16. The van der Waals surface area contributed by atoms with Gasteiger partial charge in [-0.3, -0.25) is 0 Å². The fourth-order valence-electron chi connectivity index (χ4n) is 2.57. The summed E-state index contributed by atoms with van der Waals surface area (Å²) in [6.45, 7) is 4.09. The predicted octanol–water partition coefficient (Wildman–Crippen LogP) is 3.27. The predicted molar refractivity (Wildman–Crippen MR) is 82.5 cm³/mol. The summed E-state index contributed by atoms with van der Waals surface area (Å²) in [4.78, 5) is 11.4. The van der Waals surface area contributed by atoms with E-state index >= 15 is 0 Å². The molecular weight excluding hydrogens is 304 g/mol. The van der Waals surface area contributed by atoms with Gasteiger partial charge >= 0.3 is 0 Å². The van der Waals surface area contributed by atoms with Crippen molar-refractivity contribution in [1.29, 1.82) is 0 Å². The van der Waals surface area contributed by atoms with Gasteiger partial charge in [0.05, 0.1) is 5.52 Å². The number of nitrogens with two attached hydrogens (primary N) is 1. The van der Waals surface area contributed by atoms with Gasteiger partial charge in [0.25, 0.3) is 0 Å². The van der Waals surface area contributed by atoms with Gasteiger partial charge in [-0.2, -0.15) is 4.98 Å². The molecule has 0 atom stereocenters. The van der Waals surface area contributed by atoms with Gasteiger partial charge in [-0.1, -0.05) is 0 Å². The molecule has 1 saturated heterocycles. The number of benzene rings is 1. The number of nitrogen functional groups attached to an aromatic ring is 1. The number of hydrogen-bond donors (Lipinski definition) is 1. The van der Waals surface area contributed by atoms with Gasteiger partial charge in [-0.25, -0.2) is 4.98 Å². The standard InChI is InChI=1S/C14H17BrN4/c1-9-7-10-12(11(15)8-9)17-14(18-13(10)16)19-5-3-2-4-6-19/h7-8H,2-6H2,1H3,(H2,16,17,18). The summed E-state index contributed by atoms with van der Waals surface area (Å²) < 4.78 is 0.981. The lowest BCUT2D eigenvalue weighted by Crippen LogP contribution is -2.31. The first-order valence-corrected chi connectivity index (χ1v) is 7.43. The Hall–Kier alpha value is -1.36. The lowest BCUT2D eigenvalue weighted by atomic mass is 10.1. The van der Waals surface area contributed by atoms with Crippen LogP contribution in [-0.4, -0.2) is 23.1 Å². The minimum absolute atomic E-state index is 0.565. The molecule has 1 fully saturated rings. The zero-order valence-corrected chi connectivity index (χ0v) is 12.6. The molecule has 2 heterocycles. The van der Waals surface area contributed by atoms with E-state index in [0.29, 0.717) is 5.82 Å². The lowest BCUT2D eigenvalue weighted by Gasteiger charge is -2.27. The molecule has 0 bridgehead atoms. The molecule has 0 saturated carbocycles. The zero-order valence-electron chi connectivity index (χ0n) is 11.0. The number of halogens is 1. The quantitative estimate of drug-likeness (QED) is 0.876. The molecule has 4 nitrogen and oxygen atoms in total. The highest BCUT2D eigenvalue weighted by Crippen LogP contribution is 2.29. The van der Waals surface area contributed by atoms with Crippen molar-refractivity contribution in [3.8, 4) is 0 Å². The summed E-state index contributed by atoms with van der Waals surface area (Å²) in [5, 5.41) is 0.924. The second-order valence-corrected chi connectivity index (χ2v) is 5.95. The van der Waals surface area contributed by atoms with E-state index in [1.54, 1.807) is 0 Å². The Bertz CT molecular complexity index is 620. The maximum atomic E-state index is 6.10. The molecule has 0 spiro atoms. The minimum atomic E-state index is 0.565. The molecule has 19 heavy (non-hydrogen) atoms. The minimum Gasteiger partial charge on any atom is -0.383 e. The van der Waals surface area contributed by atoms with Gasteiger partial charge in [-0.15, -0.1) is 0 Å². The Morgan fingerprint density at radius 3 is 2.63 bits per heavy atom. The van der Waals surface area contributed by atoms with Crippen molar-refractivity contribution in [2.24, 2.45) is 0 Å². The maximum absolute atomic E-state index is 6.10. The van der Waals surface area contributed by atoms with E-state index in [0.717, 1.165) is 40.0 Å². The van der Waals surface area contributed by atoms with Gasteiger partial charge in [0, 0.05) is 22.9 Å². The van der Waals surface area contributed by atoms with Gasteiger partial charge in [0.1, 0.15) is 5.82 Å². The van der Waals surface area contributed by atoms with Gasteiger partial charge < -0.3 is 10.6 Å². The molecule has 1 aromatic heterocycles. The van der Waals surface area contributed by atoms with Crippen LogP contribution in [0.4, 0.5) is 11.8 Å². The Balaban J connectivity index is 2.13. The summed E-state index contributed by atoms with van der Waals surface area (Å²) in [5.41, 5.74) is 8.16. The number of aromatic nitrogens is 2. The van der Waals surface area contributed by atoms with Crippen molar-refractivity contribution in [2.45, 2.75) is 26.2 Å². The topological polar surface area (TPSA) is 55.0 Å². The normalized spacial score (nSPS) is 16.0. The first kappa shape index (κ1) is 12.7. The van der Waals surface area contributed by atoms with Crippen LogP contribution >= 0.6 is 15.9 Å². The average molecular weight is 321 g/mol. The molecule has 0 aliphatic carbocycles. The van der Waals surface area contributed by atoms with Gasteiger partial charge in [0.2, 0.25) is 5.95 Å². The van der Waals surface area contributed by atoms with Crippen LogP contribution in [0.2, 0.25) is 0 Å². The molecule has 100 valence electrons. The molecule has 5 heteroatoms. The molecular formula is C14H17BrN4. The fourth-order valence-corrected chi connectivity index (χ4v) is 3.24. The van der Waals surface area contributed by atoms with Crippen LogP contribution in [0.1, 0.15) is 24.8 Å². The molecule has 0 radical (unpaired) electrons. The van der Waals surface area contributed by atoms with E-state index in [2.05, 4.69) is 36.9 Å². The number of anilines is 2. The molecule has 0 unspecified atom stereocenters. The smallest absolute Gasteiger partial charge is 0.227 e. The summed E-state index contributed by atoms with van der Waals surface area (Å²) >= 11 is 3.58. The van der Waals surface area contributed by atoms with Crippen molar-refractivity contribution in [2.75, 3.05) is 23.7 Å². The second-order valence-electron chi connectivity index (χ2n) is 5.10. The highest BCUT2D eigenvalue weighted by molar-refractivity contribution is 9.10. The summed E-state index contributed by atoms with van der Waals surface area (Å²) in [6.07, 6.45) is 3.70. The largest absolute Gasteiger partial charge is 0.383 e. The van der Waals surface area contributed by atoms with Crippen molar-refractivity contribution in [1.82, 2.24) is 9.97 Å². The molecule has 1 aromatic carbocycles. The molecule has 3 rings (SSSR count). The third-order valence-corrected chi connectivity index (χ3v) is 4.16. The van der Waals surface area contributed by atoms with Crippen LogP contribution in [0.25, 0.3) is 10.9 Å². The molecule has 2 aromatic rings. The van der Waals surface area contributed by atoms with E-state index in [1.165, 1.54) is 19.3 Å². The average Bonchev–Trinajstić information content (AvgIpc) is 2.41. The van der Waals surface area contributed by atoms with Crippen LogP contribution in [0.3, 0.4) is 0 Å². The van der Waals surface area contributed by atoms with Crippen LogP contribution in [-0.2, 0) is 0 Å². The second kappa shape index (κ2) is 4.96. The summed E-state index contributed by atoms with van der Waals surface area (Å²) in [5.74, 6) is 1.32. The van der Waals surface area contributed by atoms with E-state index in [-0.39, 0.29) is 0 Å². The number of piperidine rings is 1. The Morgan fingerprint density at radius 1 is 1.16 bits per heavy atom. The van der Waals surface area contributed by atoms with Crippen molar-refractivity contribution in [3.63, 3.8) is 0 Å². The van der Waals surface area contributed by atoms with E-state index < -0.39 is 0 Å². The van der Waals surface area contributed by atoms with Crippen LogP contribution in [0, 0.1) is 6.92 Å². The van der Waals surface area contributed by atoms with Crippen molar-refractivity contribution in [3.05, 3.63) is 22.2 Å². The van der Waals surface area contributed by atoms with Crippen molar-refractivity contribution >= 4 is 38.6 Å². The summed E-state index contributed by atoms with van der Waals surface area (Å²) in [7, 11) is 0. The van der Waals surface area contributed by atoms with Gasteiger partial charge in [-0.05, 0) is 59.8 Å². The Morgan fingerprint density at radius 2 is 1.89 bits per heavy atom. The number of nitrogens with zero attached hydrogens (tertiary/aromatic N) is 3. The van der Waals surface area contributed by atoms with E-state index in [1.807, 2.05) is 13.0 Å². The molecule has 2 N–H and O–H groups in total. The van der Waals surface area contributed by atoms with Gasteiger partial charge in [0.15, 0.2) is 0 Å². The van der Waals surface area contributed by atoms with E-state index in [4.69, 9.17) is 5.73 Å².